The van der Waals surface area contributed by atoms with Crippen LogP contribution in [0.1, 0.15) is 18.4 Å². The van der Waals surface area contributed by atoms with Gasteiger partial charge >= 0.3 is 0 Å². The molecule has 0 fully saturated rings. The van der Waals surface area contributed by atoms with Crippen LogP contribution in [0.2, 0.25) is 0 Å². The molecule has 0 aliphatic rings. The van der Waals surface area contributed by atoms with Crippen molar-refractivity contribution in [3.05, 3.63) is 23.8 Å². The van der Waals surface area contributed by atoms with Gasteiger partial charge in [-0.25, -0.2) is 0 Å². The van der Waals surface area contributed by atoms with Crippen molar-refractivity contribution in [3.63, 3.8) is 0 Å². The number of aromatic hydroxyl groups is 1. The summed E-state index contributed by atoms with van der Waals surface area (Å²) in [4.78, 5) is 0. The quantitative estimate of drug-likeness (QED) is 0.744. The van der Waals surface area contributed by atoms with Gasteiger partial charge < -0.3 is 14.9 Å². The van der Waals surface area contributed by atoms with Crippen LogP contribution in [0, 0.1) is 0 Å². The van der Waals surface area contributed by atoms with Crippen LogP contribution in [0.3, 0.4) is 0 Å². The number of hydrogen-bond donors (Lipinski definition) is 2. The van der Waals surface area contributed by atoms with Gasteiger partial charge in [0, 0.05) is 18.1 Å². The van der Waals surface area contributed by atoms with E-state index in [1.165, 1.54) is 7.11 Å². The fourth-order valence-electron chi connectivity index (χ4n) is 1.20. The van der Waals surface area contributed by atoms with Crippen molar-refractivity contribution in [1.82, 2.24) is 0 Å². The van der Waals surface area contributed by atoms with E-state index in [1.54, 1.807) is 18.2 Å². The monoisotopic (exact) mass is 182 g/mol. The molecule has 1 atom stereocenters. The zero-order valence-corrected chi connectivity index (χ0v) is 7.82. The van der Waals surface area contributed by atoms with Crippen LogP contribution in [0.25, 0.3) is 0 Å². The lowest BCUT2D eigenvalue weighted by molar-refractivity contribution is 0.269. The van der Waals surface area contributed by atoms with Crippen LogP contribution in [0.5, 0.6) is 11.5 Å². The lowest BCUT2D eigenvalue weighted by Crippen LogP contribution is -1.99. The molecule has 3 nitrogen and oxygen atoms in total. The van der Waals surface area contributed by atoms with E-state index in [1.807, 2.05) is 6.92 Å². The summed E-state index contributed by atoms with van der Waals surface area (Å²) in [5.74, 6) is 0.486. The molecular weight excluding hydrogens is 168 g/mol. The number of aliphatic hydroxyl groups excluding tert-OH is 1. The number of methoxy groups -OCH3 is 1. The van der Waals surface area contributed by atoms with Gasteiger partial charge in [-0.15, -0.1) is 0 Å². The van der Waals surface area contributed by atoms with Crippen LogP contribution in [0.4, 0.5) is 0 Å². The third-order valence-corrected chi connectivity index (χ3v) is 2.05. The predicted molar refractivity (Wildman–Crippen MR) is 50.2 cm³/mol. The Bertz CT molecular complexity index is 283. The molecule has 0 aliphatic carbocycles. The Kier molecular flexibility index (Phi) is 3.14. The maximum atomic E-state index is 9.65. The highest BCUT2D eigenvalue weighted by Gasteiger charge is 2.12. The zero-order chi connectivity index (χ0) is 9.84. The molecule has 1 aromatic carbocycles. The normalized spacial score (nSPS) is 12.5. The van der Waals surface area contributed by atoms with Gasteiger partial charge in [0.2, 0.25) is 0 Å². The fraction of sp³-hybridized carbons (Fsp3) is 0.400. The Balaban J connectivity index is 3.08. The van der Waals surface area contributed by atoms with E-state index in [0.717, 1.165) is 0 Å². The second-order valence-electron chi connectivity index (χ2n) is 2.98. The molecule has 0 spiro atoms. The number of rotatable bonds is 3. The highest BCUT2D eigenvalue weighted by Crippen LogP contribution is 2.33. The van der Waals surface area contributed by atoms with Gasteiger partial charge in [0.1, 0.15) is 0 Å². The minimum atomic E-state index is -0.0740. The average molecular weight is 182 g/mol. The first-order chi connectivity index (χ1) is 6.20. The standard InChI is InChI=1S/C10H14O3/c1-7(6-11)8-4-3-5-9(13-2)10(8)12/h3-5,7,11-12H,6H2,1-2H3. The lowest BCUT2D eigenvalue weighted by Gasteiger charge is -2.12. The molecule has 3 heteroatoms. The summed E-state index contributed by atoms with van der Waals surface area (Å²) in [5, 5.41) is 18.6. The molecule has 0 aromatic heterocycles. The lowest BCUT2D eigenvalue weighted by atomic mass is 10.0. The molecule has 0 heterocycles. The van der Waals surface area contributed by atoms with Gasteiger partial charge in [-0.2, -0.15) is 0 Å². The van der Waals surface area contributed by atoms with E-state index in [2.05, 4.69) is 0 Å². The van der Waals surface area contributed by atoms with Crippen LogP contribution in [0.15, 0.2) is 18.2 Å². The minimum Gasteiger partial charge on any atom is -0.504 e. The van der Waals surface area contributed by atoms with Crippen molar-refractivity contribution in [3.8, 4) is 11.5 Å². The number of phenols is 1. The molecule has 1 unspecified atom stereocenters. The van der Waals surface area contributed by atoms with Crippen molar-refractivity contribution >= 4 is 0 Å². The van der Waals surface area contributed by atoms with E-state index >= 15 is 0 Å². The molecule has 0 radical (unpaired) electrons. The fourth-order valence-corrected chi connectivity index (χ4v) is 1.20. The van der Waals surface area contributed by atoms with Crippen LogP contribution < -0.4 is 4.74 Å². The maximum Gasteiger partial charge on any atom is 0.161 e. The molecular formula is C10H14O3. The van der Waals surface area contributed by atoms with Gasteiger partial charge in [0.05, 0.1) is 7.11 Å². The topological polar surface area (TPSA) is 49.7 Å². The number of hydrogen-bond acceptors (Lipinski definition) is 3. The molecule has 2 N–H and O–H groups in total. The van der Waals surface area contributed by atoms with Crippen LogP contribution in [-0.4, -0.2) is 23.9 Å². The van der Waals surface area contributed by atoms with E-state index < -0.39 is 0 Å². The zero-order valence-electron chi connectivity index (χ0n) is 7.82. The van der Waals surface area contributed by atoms with Gasteiger partial charge in [-0.3, -0.25) is 0 Å². The predicted octanol–water partition coefficient (Wildman–Crippen LogP) is 1.50. The van der Waals surface area contributed by atoms with Crippen molar-refractivity contribution < 1.29 is 14.9 Å². The molecule has 0 aliphatic heterocycles. The number of ether oxygens (including phenoxy) is 1. The van der Waals surface area contributed by atoms with Crippen molar-refractivity contribution in [2.45, 2.75) is 12.8 Å². The van der Waals surface area contributed by atoms with Gasteiger partial charge in [-0.1, -0.05) is 19.1 Å². The molecule has 0 bridgehead atoms. The summed E-state index contributed by atoms with van der Waals surface area (Å²) in [7, 11) is 1.50. The first-order valence-corrected chi connectivity index (χ1v) is 4.17. The van der Waals surface area contributed by atoms with E-state index in [-0.39, 0.29) is 18.3 Å². The molecule has 0 saturated carbocycles. The first kappa shape index (κ1) is 9.86. The summed E-state index contributed by atoms with van der Waals surface area (Å²) in [6.07, 6.45) is 0. The third kappa shape index (κ3) is 1.92. The second kappa shape index (κ2) is 4.14. The number of aliphatic hydroxyl groups is 1. The SMILES string of the molecule is COc1cccc(C(C)CO)c1O. The van der Waals surface area contributed by atoms with Crippen LogP contribution in [-0.2, 0) is 0 Å². The minimum absolute atomic E-state index is 0.0146. The highest BCUT2D eigenvalue weighted by molar-refractivity contribution is 5.46. The Morgan fingerprint density at radius 2 is 2.15 bits per heavy atom. The smallest absolute Gasteiger partial charge is 0.161 e. The molecule has 72 valence electrons. The van der Waals surface area contributed by atoms with Gasteiger partial charge in [-0.05, 0) is 6.07 Å². The third-order valence-electron chi connectivity index (χ3n) is 2.05. The average Bonchev–Trinajstić information content (AvgIpc) is 2.17. The summed E-state index contributed by atoms with van der Waals surface area (Å²) < 4.78 is 4.95. The molecule has 1 rings (SSSR count). The highest BCUT2D eigenvalue weighted by atomic mass is 16.5. The number of phenolic OH excluding ortho intramolecular Hbond substituents is 1. The first-order valence-electron chi connectivity index (χ1n) is 4.17. The van der Waals surface area contributed by atoms with Crippen LogP contribution >= 0.6 is 0 Å². The number of benzene rings is 1. The molecule has 0 amide bonds. The Morgan fingerprint density at radius 1 is 1.46 bits per heavy atom. The summed E-state index contributed by atoms with van der Waals surface area (Å²) in [6, 6.07) is 5.25. The van der Waals surface area contributed by atoms with Gasteiger partial charge in [0.25, 0.3) is 0 Å². The van der Waals surface area contributed by atoms with Crippen molar-refractivity contribution in [2.24, 2.45) is 0 Å². The largest absolute Gasteiger partial charge is 0.504 e. The summed E-state index contributed by atoms with van der Waals surface area (Å²) in [6.45, 7) is 1.86. The molecule has 0 saturated heterocycles. The molecule has 13 heavy (non-hydrogen) atoms. The van der Waals surface area contributed by atoms with E-state index in [4.69, 9.17) is 9.84 Å². The summed E-state index contributed by atoms with van der Waals surface area (Å²) in [5.41, 5.74) is 0.710. The van der Waals surface area contributed by atoms with Gasteiger partial charge in [0.15, 0.2) is 11.5 Å². The maximum absolute atomic E-state index is 9.65. The Morgan fingerprint density at radius 3 is 2.69 bits per heavy atom. The Labute approximate surface area is 77.6 Å². The summed E-state index contributed by atoms with van der Waals surface area (Å²) >= 11 is 0. The second-order valence-corrected chi connectivity index (χ2v) is 2.98. The Hall–Kier alpha value is -1.22. The van der Waals surface area contributed by atoms with E-state index in [9.17, 15) is 5.11 Å². The molecule has 1 aromatic rings. The van der Waals surface area contributed by atoms with Crippen molar-refractivity contribution in [2.75, 3.05) is 13.7 Å². The van der Waals surface area contributed by atoms with E-state index in [0.29, 0.717) is 11.3 Å². The van der Waals surface area contributed by atoms with Crippen molar-refractivity contribution in [1.29, 1.82) is 0 Å². The number of para-hydroxylation sites is 1.